The minimum atomic E-state index is -0.0370. The maximum atomic E-state index is 9.69. The minimum absolute atomic E-state index is 0.0244. The van der Waals surface area contributed by atoms with Crippen molar-refractivity contribution in [2.75, 3.05) is 20.3 Å². The average Bonchev–Trinajstić information content (AvgIpc) is 3.25. The van der Waals surface area contributed by atoms with Gasteiger partial charge in [-0.2, -0.15) is 0 Å². The molecule has 0 spiro atoms. The fourth-order valence-corrected chi connectivity index (χ4v) is 4.78. The number of methoxy groups -OCH3 is 1. The Hall–Kier alpha value is -2.90. The topological polar surface area (TPSA) is 62.5 Å². The predicted octanol–water partition coefficient (Wildman–Crippen LogP) is 4.20. The van der Waals surface area contributed by atoms with Gasteiger partial charge in [-0.25, -0.2) is 0 Å². The van der Waals surface area contributed by atoms with Crippen molar-refractivity contribution in [1.29, 1.82) is 0 Å². The number of ether oxygens (including phenoxy) is 1. The summed E-state index contributed by atoms with van der Waals surface area (Å²) in [4.78, 5) is 6.88. The lowest BCUT2D eigenvalue weighted by molar-refractivity contribution is 0.180. The third-order valence-corrected chi connectivity index (χ3v) is 6.19. The summed E-state index contributed by atoms with van der Waals surface area (Å²) < 4.78 is 7.50. The number of phenolic OH excluding ortho intramolecular Hbond substituents is 1. The molecule has 0 unspecified atom stereocenters. The number of aromatic hydroxyl groups is 1. The zero-order valence-electron chi connectivity index (χ0n) is 18.1. The number of rotatable bonds is 7. The number of nitrogens with zero attached hydrogens (tertiary/aromatic N) is 3. The fraction of sp³-hybridized carbons (Fsp3) is 0.333. The van der Waals surface area contributed by atoms with Crippen LogP contribution in [0.1, 0.15) is 41.1 Å². The Bertz CT molecular complexity index is 1050. The van der Waals surface area contributed by atoms with Crippen LogP contribution in [0.2, 0.25) is 0 Å². The molecule has 1 aliphatic heterocycles. The molecule has 1 aromatic carbocycles. The first kappa shape index (κ1) is 21.3. The van der Waals surface area contributed by atoms with E-state index >= 15 is 0 Å². The highest BCUT2D eigenvalue weighted by molar-refractivity contribution is 7.80. The Morgan fingerprint density at radius 1 is 1.16 bits per heavy atom. The molecule has 3 aromatic rings. The number of hydrogen-bond donors (Lipinski definition) is 2. The Kier molecular flexibility index (Phi) is 6.25. The van der Waals surface area contributed by atoms with E-state index in [9.17, 15) is 5.11 Å². The molecule has 7 heteroatoms. The van der Waals surface area contributed by atoms with Crippen LogP contribution in [-0.2, 0) is 4.74 Å². The summed E-state index contributed by atoms with van der Waals surface area (Å²) in [5.41, 5.74) is 5.49. The fourth-order valence-electron chi connectivity index (χ4n) is 4.45. The highest BCUT2D eigenvalue weighted by atomic mass is 32.1. The number of nitrogens with one attached hydrogen (secondary N) is 1. The van der Waals surface area contributed by atoms with Crippen LogP contribution in [0.5, 0.6) is 5.75 Å². The van der Waals surface area contributed by atoms with Crippen LogP contribution in [0.15, 0.2) is 54.7 Å². The SMILES string of the molecule is COCCCN1C(=S)N[C@@H](c2ccccn2)[C@@H]1c1cc(C)n(-c2ccc(O)cc2)c1C. The van der Waals surface area contributed by atoms with Gasteiger partial charge in [0.25, 0.3) is 0 Å². The van der Waals surface area contributed by atoms with Crippen LogP contribution in [0.25, 0.3) is 5.69 Å². The van der Waals surface area contributed by atoms with Crippen LogP contribution in [0.3, 0.4) is 0 Å². The second-order valence-corrected chi connectivity index (χ2v) is 8.23. The Labute approximate surface area is 188 Å². The number of thiocarbonyl (C=S) groups is 1. The lowest BCUT2D eigenvalue weighted by Crippen LogP contribution is -2.31. The number of aromatic nitrogens is 2. The summed E-state index contributed by atoms with van der Waals surface area (Å²) >= 11 is 5.75. The van der Waals surface area contributed by atoms with Gasteiger partial charge in [-0.05, 0) is 80.5 Å². The molecule has 1 fully saturated rings. The van der Waals surface area contributed by atoms with Crippen LogP contribution in [0, 0.1) is 13.8 Å². The largest absolute Gasteiger partial charge is 0.508 e. The molecular weight excluding hydrogens is 408 g/mol. The monoisotopic (exact) mass is 436 g/mol. The minimum Gasteiger partial charge on any atom is -0.508 e. The van der Waals surface area contributed by atoms with Gasteiger partial charge in [0, 0.05) is 43.5 Å². The van der Waals surface area contributed by atoms with Gasteiger partial charge in [0.15, 0.2) is 5.11 Å². The number of benzene rings is 1. The number of aryl methyl sites for hydroxylation is 1. The Balaban J connectivity index is 1.78. The first-order valence-electron chi connectivity index (χ1n) is 10.5. The second-order valence-electron chi connectivity index (χ2n) is 7.84. The third-order valence-electron chi connectivity index (χ3n) is 5.84. The van der Waals surface area contributed by atoms with Crippen molar-refractivity contribution in [2.24, 2.45) is 0 Å². The summed E-state index contributed by atoms with van der Waals surface area (Å²) in [6.45, 7) is 5.73. The standard InChI is InChI=1S/C24H28N4O2S/c1-16-15-20(17(2)28(16)18-8-10-19(29)11-9-18)23-22(21-7-4-5-12-25-21)26-24(31)27(23)13-6-14-30-3/h4-5,7-12,15,22-23,29H,6,13-14H2,1-3H3,(H,26,31)/t22-,23-/m0/s1. The summed E-state index contributed by atoms with van der Waals surface area (Å²) in [7, 11) is 1.72. The van der Waals surface area contributed by atoms with Crippen molar-refractivity contribution >= 4 is 17.3 Å². The molecule has 2 aromatic heterocycles. The maximum Gasteiger partial charge on any atom is 0.170 e. The predicted molar refractivity (Wildman–Crippen MR) is 126 cm³/mol. The van der Waals surface area contributed by atoms with Gasteiger partial charge in [-0.3, -0.25) is 4.98 Å². The lowest BCUT2D eigenvalue weighted by Gasteiger charge is -2.28. The van der Waals surface area contributed by atoms with E-state index in [0.717, 1.165) is 40.8 Å². The van der Waals surface area contributed by atoms with Gasteiger partial charge in [0.2, 0.25) is 0 Å². The van der Waals surface area contributed by atoms with Gasteiger partial charge < -0.3 is 24.6 Å². The smallest absolute Gasteiger partial charge is 0.170 e. The van der Waals surface area contributed by atoms with E-state index in [1.165, 1.54) is 5.56 Å². The number of pyridine rings is 1. The van der Waals surface area contributed by atoms with Gasteiger partial charge in [-0.15, -0.1) is 0 Å². The Morgan fingerprint density at radius 2 is 1.94 bits per heavy atom. The van der Waals surface area contributed by atoms with Crippen molar-refractivity contribution in [2.45, 2.75) is 32.4 Å². The molecule has 0 amide bonds. The molecule has 6 nitrogen and oxygen atoms in total. The maximum absolute atomic E-state index is 9.69. The van der Waals surface area contributed by atoms with E-state index < -0.39 is 0 Å². The molecule has 4 rings (SSSR count). The quantitative estimate of drug-likeness (QED) is 0.428. The van der Waals surface area contributed by atoms with Gasteiger partial charge in [-0.1, -0.05) is 6.07 Å². The summed E-state index contributed by atoms with van der Waals surface area (Å²) in [5, 5.41) is 13.9. The van der Waals surface area contributed by atoms with Crippen LogP contribution in [-0.4, -0.2) is 44.9 Å². The van der Waals surface area contributed by atoms with Crippen LogP contribution in [0.4, 0.5) is 0 Å². The molecule has 0 radical (unpaired) electrons. The zero-order valence-corrected chi connectivity index (χ0v) is 18.9. The van der Waals surface area contributed by atoms with Gasteiger partial charge >= 0.3 is 0 Å². The van der Waals surface area contributed by atoms with Crippen molar-refractivity contribution in [3.05, 3.63) is 77.4 Å². The Morgan fingerprint density at radius 3 is 2.61 bits per heavy atom. The average molecular weight is 437 g/mol. The molecule has 0 aliphatic carbocycles. The highest BCUT2D eigenvalue weighted by Gasteiger charge is 2.41. The second kappa shape index (κ2) is 9.08. The molecular formula is C24H28N4O2S. The first-order chi connectivity index (χ1) is 15.0. The number of hydrogen-bond acceptors (Lipinski definition) is 4. The first-order valence-corrected chi connectivity index (χ1v) is 10.9. The van der Waals surface area contributed by atoms with Crippen LogP contribution < -0.4 is 5.32 Å². The summed E-state index contributed by atoms with van der Waals surface area (Å²) in [6.07, 6.45) is 2.71. The van der Waals surface area contributed by atoms with Gasteiger partial charge in [0.05, 0.1) is 17.8 Å². The molecule has 31 heavy (non-hydrogen) atoms. The molecule has 0 bridgehead atoms. The van der Waals surface area contributed by atoms with Crippen molar-refractivity contribution in [1.82, 2.24) is 19.8 Å². The van der Waals surface area contributed by atoms with E-state index in [2.05, 4.69) is 39.7 Å². The van der Waals surface area contributed by atoms with Crippen LogP contribution >= 0.6 is 12.2 Å². The zero-order chi connectivity index (χ0) is 22.0. The molecule has 1 aliphatic rings. The summed E-state index contributed by atoms with van der Waals surface area (Å²) in [6, 6.07) is 15.5. The van der Waals surface area contributed by atoms with Gasteiger partial charge in [0.1, 0.15) is 5.75 Å². The summed E-state index contributed by atoms with van der Waals surface area (Å²) in [5.74, 6) is 0.260. The lowest BCUT2D eigenvalue weighted by atomic mass is 9.96. The van der Waals surface area contributed by atoms with Crippen molar-refractivity contribution in [3.8, 4) is 11.4 Å². The number of phenols is 1. The van der Waals surface area contributed by atoms with E-state index in [1.807, 2.05) is 36.5 Å². The van der Waals surface area contributed by atoms with E-state index in [-0.39, 0.29) is 17.8 Å². The molecule has 1 saturated heterocycles. The van der Waals surface area contributed by atoms with E-state index in [0.29, 0.717) is 6.61 Å². The van der Waals surface area contributed by atoms with Crippen molar-refractivity contribution in [3.63, 3.8) is 0 Å². The van der Waals surface area contributed by atoms with E-state index in [1.54, 1.807) is 19.2 Å². The molecule has 2 atom stereocenters. The van der Waals surface area contributed by atoms with E-state index in [4.69, 9.17) is 17.0 Å². The molecule has 2 N–H and O–H groups in total. The molecule has 0 saturated carbocycles. The van der Waals surface area contributed by atoms with Crippen molar-refractivity contribution < 1.29 is 9.84 Å². The normalized spacial score (nSPS) is 18.4. The third kappa shape index (κ3) is 4.16. The molecule has 3 heterocycles. The highest BCUT2D eigenvalue weighted by Crippen LogP contribution is 2.41. The molecule has 162 valence electrons.